The fourth-order valence-corrected chi connectivity index (χ4v) is 1.08. The lowest BCUT2D eigenvalue weighted by atomic mass is 10.1. The lowest BCUT2D eigenvalue weighted by molar-refractivity contribution is -0.139. The van der Waals surface area contributed by atoms with Gasteiger partial charge in [-0.3, -0.25) is 9.78 Å². The molecule has 0 fully saturated rings. The first-order valence-electron chi connectivity index (χ1n) is 3.97. The number of aromatic nitrogens is 1. The van der Waals surface area contributed by atoms with E-state index < -0.39 is 12.0 Å². The maximum Gasteiger partial charge on any atom is 0.325 e. The van der Waals surface area contributed by atoms with Gasteiger partial charge in [0.15, 0.2) is 0 Å². The summed E-state index contributed by atoms with van der Waals surface area (Å²) < 4.78 is 0. The van der Waals surface area contributed by atoms with Gasteiger partial charge in [-0.25, -0.2) is 0 Å². The van der Waals surface area contributed by atoms with E-state index in [1.54, 1.807) is 25.4 Å². The number of aliphatic carboxylic acids is 1. The number of carbonyl (C=O) groups is 1. The van der Waals surface area contributed by atoms with Crippen molar-refractivity contribution in [1.82, 2.24) is 10.3 Å². The van der Waals surface area contributed by atoms with Crippen molar-refractivity contribution in [3.05, 3.63) is 29.6 Å². The molecule has 0 aliphatic rings. The van der Waals surface area contributed by atoms with Crippen molar-refractivity contribution in [3.8, 4) is 0 Å². The Morgan fingerprint density at radius 1 is 1.62 bits per heavy atom. The fourth-order valence-electron chi connectivity index (χ4n) is 1.08. The summed E-state index contributed by atoms with van der Waals surface area (Å²) in [5.41, 5.74) is 1.55. The molecule has 1 aromatic rings. The predicted octanol–water partition coefficient (Wildman–Crippen LogP) is 0.735. The summed E-state index contributed by atoms with van der Waals surface area (Å²) in [7, 11) is 1.61. The lowest BCUT2D eigenvalue weighted by Gasteiger charge is -2.10. The number of aryl methyl sites for hydroxylation is 1. The second kappa shape index (κ2) is 4.00. The quantitative estimate of drug-likeness (QED) is 0.720. The summed E-state index contributed by atoms with van der Waals surface area (Å²) in [5.74, 6) is -0.895. The van der Waals surface area contributed by atoms with Crippen LogP contribution in [0.5, 0.6) is 0 Å². The van der Waals surface area contributed by atoms with Gasteiger partial charge in [-0.2, -0.15) is 0 Å². The Labute approximate surface area is 76.6 Å². The molecular formula is C9H12N2O2. The van der Waals surface area contributed by atoms with Crippen LogP contribution in [0.2, 0.25) is 0 Å². The molecule has 2 N–H and O–H groups in total. The van der Waals surface area contributed by atoms with Crippen molar-refractivity contribution in [2.24, 2.45) is 0 Å². The van der Waals surface area contributed by atoms with Crippen molar-refractivity contribution < 1.29 is 9.90 Å². The number of nitrogens with zero attached hydrogens (tertiary/aromatic N) is 1. The van der Waals surface area contributed by atoms with Crippen LogP contribution in [0, 0.1) is 6.92 Å². The van der Waals surface area contributed by atoms with Crippen molar-refractivity contribution in [1.29, 1.82) is 0 Å². The first-order chi connectivity index (χ1) is 6.15. The SMILES string of the molecule is CNC(C(=O)O)c1ccc(C)nc1. The zero-order valence-corrected chi connectivity index (χ0v) is 7.61. The summed E-state index contributed by atoms with van der Waals surface area (Å²) >= 11 is 0. The number of likely N-dealkylation sites (N-methyl/N-ethyl adjacent to an activating group) is 1. The summed E-state index contributed by atoms with van der Waals surface area (Å²) in [6.07, 6.45) is 1.57. The topological polar surface area (TPSA) is 62.2 Å². The smallest absolute Gasteiger partial charge is 0.325 e. The molecule has 0 aliphatic heterocycles. The first kappa shape index (κ1) is 9.67. The maximum atomic E-state index is 10.7. The molecule has 1 rings (SSSR count). The third-order valence-corrected chi connectivity index (χ3v) is 1.80. The molecule has 0 saturated heterocycles. The van der Waals surface area contributed by atoms with Crippen LogP contribution < -0.4 is 5.32 Å². The number of hydrogen-bond donors (Lipinski definition) is 2. The summed E-state index contributed by atoms with van der Waals surface area (Å²) in [5, 5.41) is 11.5. The number of pyridine rings is 1. The van der Waals surface area contributed by atoms with Gasteiger partial charge in [-0.15, -0.1) is 0 Å². The Morgan fingerprint density at radius 2 is 2.31 bits per heavy atom. The molecule has 70 valence electrons. The molecule has 1 unspecified atom stereocenters. The molecule has 1 heterocycles. The Kier molecular flexibility index (Phi) is 2.97. The van der Waals surface area contributed by atoms with Crippen molar-refractivity contribution in [2.75, 3.05) is 7.05 Å². The van der Waals surface area contributed by atoms with Gasteiger partial charge in [0.05, 0.1) is 0 Å². The van der Waals surface area contributed by atoms with Crippen LogP contribution in [-0.2, 0) is 4.79 Å². The Morgan fingerprint density at radius 3 is 2.69 bits per heavy atom. The highest BCUT2D eigenvalue weighted by Gasteiger charge is 2.16. The van der Waals surface area contributed by atoms with Crippen molar-refractivity contribution >= 4 is 5.97 Å². The largest absolute Gasteiger partial charge is 0.480 e. The zero-order chi connectivity index (χ0) is 9.84. The Bertz CT molecular complexity index is 295. The number of carboxylic acids is 1. The zero-order valence-electron chi connectivity index (χ0n) is 7.61. The van der Waals surface area contributed by atoms with Crippen LogP contribution in [0.3, 0.4) is 0 Å². The van der Waals surface area contributed by atoms with Crippen LogP contribution in [0.1, 0.15) is 17.3 Å². The van der Waals surface area contributed by atoms with Gasteiger partial charge >= 0.3 is 5.97 Å². The minimum absolute atomic E-state index is 0.667. The van der Waals surface area contributed by atoms with E-state index in [4.69, 9.17) is 5.11 Å². The van der Waals surface area contributed by atoms with Gasteiger partial charge in [0.1, 0.15) is 6.04 Å². The van der Waals surface area contributed by atoms with Crippen molar-refractivity contribution in [2.45, 2.75) is 13.0 Å². The molecule has 0 bridgehead atoms. The highest BCUT2D eigenvalue weighted by molar-refractivity contribution is 5.75. The van der Waals surface area contributed by atoms with E-state index >= 15 is 0 Å². The Hall–Kier alpha value is -1.42. The fraction of sp³-hybridized carbons (Fsp3) is 0.333. The predicted molar refractivity (Wildman–Crippen MR) is 48.4 cm³/mol. The van der Waals surface area contributed by atoms with Gasteiger partial charge in [-0.1, -0.05) is 6.07 Å². The van der Waals surface area contributed by atoms with Crippen LogP contribution in [0.25, 0.3) is 0 Å². The summed E-state index contributed by atoms with van der Waals surface area (Å²) in [6, 6.07) is 2.88. The number of rotatable bonds is 3. The van der Waals surface area contributed by atoms with Gasteiger partial charge in [0, 0.05) is 11.9 Å². The molecule has 0 radical (unpaired) electrons. The van der Waals surface area contributed by atoms with Crippen LogP contribution in [-0.4, -0.2) is 23.1 Å². The van der Waals surface area contributed by atoms with E-state index in [1.165, 1.54) is 0 Å². The second-order valence-electron chi connectivity index (χ2n) is 2.79. The molecule has 0 aliphatic carbocycles. The van der Waals surface area contributed by atoms with E-state index in [9.17, 15) is 4.79 Å². The Balaban J connectivity index is 2.92. The monoisotopic (exact) mass is 180 g/mol. The number of hydrogen-bond acceptors (Lipinski definition) is 3. The maximum absolute atomic E-state index is 10.7. The van der Waals surface area contributed by atoms with Crippen LogP contribution in [0.15, 0.2) is 18.3 Å². The van der Waals surface area contributed by atoms with Crippen LogP contribution >= 0.6 is 0 Å². The van der Waals surface area contributed by atoms with Gasteiger partial charge < -0.3 is 10.4 Å². The average molecular weight is 180 g/mol. The van der Waals surface area contributed by atoms with E-state index in [2.05, 4.69) is 10.3 Å². The molecule has 1 atom stereocenters. The molecule has 13 heavy (non-hydrogen) atoms. The van der Waals surface area contributed by atoms with Crippen LogP contribution in [0.4, 0.5) is 0 Å². The van der Waals surface area contributed by atoms with Gasteiger partial charge in [0.25, 0.3) is 0 Å². The highest BCUT2D eigenvalue weighted by atomic mass is 16.4. The molecule has 0 spiro atoms. The lowest BCUT2D eigenvalue weighted by Crippen LogP contribution is -2.25. The molecule has 0 amide bonds. The third-order valence-electron chi connectivity index (χ3n) is 1.80. The normalized spacial score (nSPS) is 12.5. The van der Waals surface area contributed by atoms with Gasteiger partial charge in [0.2, 0.25) is 0 Å². The third kappa shape index (κ3) is 2.26. The molecule has 4 nitrogen and oxygen atoms in total. The molecule has 4 heteroatoms. The average Bonchev–Trinajstić information content (AvgIpc) is 2.09. The number of nitrogens with one attached hydrogen (secondary N) is 1. The van der Waals surface area contributed by atoms with E-state index in [1.807, 2.05) is 6.92 Å². The molecule has 1 aromatic heterocycles. The van der Waals surface area contributed by atoms with Gasteiger partial charge in [-0.05, 0) is 25.6 Å². The minimum atomic E-state index is -0.895. The number of carboxylic acid groups (broad SMARTS) is 1. The first-order valence-corrected chi connectivity index (χ1v) is 3.97. The van der Waals surface area contributed by atoms with Crippen molar-refractivity contribution in [3.63, 3.8) is 0 Å². The molecular weight excluding hydrogens is 168 g/mol. The minimum Gasteiger partial charge on any atom is -0.480 e. The van der Waals surface area contributed by atoms with E-state index in [0.29, 0.717) is 5.56 Å². The van der Waals surface area contributed by atoms with E-state index in [0.717, 1.165) is 5.69 Å². The molecule has 0 aromatic carbocycles. The standard InChI is InChI=1S/C9H12N2O2/c1-6-3-4-7(5-11-6)8(10-2)9(12)13/h3-5,8,10H,1-2H3,(H,12,13). The molecule has 0 saturated carbocycles. The van der Waals surface area contributed by atoms with E-state index in [-0.39, 0.29) is 0 Å². The summed E-state index contributed by atoms with van der Waals surface area (Å²) in [6.45, 7) is 1.86. The highest BCUT2D eigenvalue weighted by Crippen LogP contribution is 2.11. The second-order valence-corrected chi connectivity index (χ2v) is 2.79. The summed E-state index contributed by atoms with van der Waals surface area (Å²) in [4.78, 5) is 14.8.